The molecule has 2 aromatic rings. The summed E-state index contributed by atoms with van der Waals surface area (Å²) in [5, 5.41) is 1.09. The monoisotopic (exact) mass is 329 g/mol. The highest BCUT2D eigenvalue weighted by molar-refractivity contribution is 7.34. The van der Waals surface area contributed by atoms with Gasteiger partial charge in [0, 0.05) is 26.7 Å². The molecule has 2 aromatic carbocycles. The van der Waals surface area contributed by atoms with Crippen molar-refractivity contribution >= 4 is 31.5 Å². The minimum atomic E-state index is -2.34. The van der Waals surface area contributed by atoms with E-state index in [9.17, 15) is 4.57 Å². The first-order valence-electron chi connectivity index (χ1n) is 5.81. The minimum Gasteiger partial charge on any atom is -0.222 e. The normalized spacial score (nSPS) is 10.2. The van der Waals surface area contributed by atoms with Gasteiger partial charge in [0.15, 0.2) is 11.5 Å². The van der Waals surface area contributed by atoms with Crippen LogP contribution in [0.5, 0.6) is 11.5 Å². The molecule has 3 nitrogen and oxygen atoms in total. The number of hydrogen-bond donors (Lipinski definition) is 0. The Kier molecular flexibility index (Phi) is 4.87. The lowest BCUT2D eigenvalue weighted by molar-refractivity contribution is 0.415. The quantitative estimate of drug-likeness (QED) is 0.672. The summed E-state index contributed by atoms with van der Waals surface area (Å²) >= 11 is 11.9. The third-order valence-electron chi connectivity index (χ3n) is 2.65. The molecule has 0 aliphatic carbocycles. The van der Waals surface area contributed by atoms with Gasteiger partial charge in [-0.05, 0) is 37.1 Å². The molecule has 2 rings (SSSR count). The fourth-order valence-corrected chi connectivity index (χ4v) is 2.40. The van der Waals surface area contributed by atoms with E-state index in [0.717, 1.165) is 11.1 Å². The molecule has 0 saturated heterocycles. The van der Waals surface area contributed by atoms with Crippen molar-refractivity contribution in [1.82, 2.24) is 0 Å². The average Bonchev–Trinajstić information content (AvgIpc) is 2.38. The fraction of sp³-hybridized carbons (Fsp3) is 0.143. The van der Waals surface area contributed by atoms with E-state index in [2.05, 4.69) is 0 Å². The first-order chi connectivity index (χ1) is 9.45. The Bertz CT molecular complexity index is 603. The van der Waals surface area contributed by atoms with Crippen LogP contribution in [0.2, 0.25) is 10.0 Å². The molecule has 0 bridgehead atoms. The highest BCUT2D eigenvalue weighted by Crippen LogP contribution is 2.33. The third-order valence-corrected chi connectivity index (χ3v) is 4.18. The molecule has 0 aromatic heterocycles. The van der Waals surface area contributed by atoms with E-state index >= 15 is 0 Å². The smallest absolute Gasteiger partial charge is 0.222 e. The second-order valence-corrected chi connectivity index (χ2v) is 5.85. The van der Waals surface area contributed by atoms with Gasteiger partial charge in [-0.15, -0.1) is 0 Å². The predicted molar refractivity (Wildman–Crippen MR) is 81.2 cm³/mol. The van der Waals surface area contributed by atoms with Gasteiger partial charge in [0.1, 0.15) is 0 Å². The Hall–Kier alpha value is -1.28. The fourth-order valence-electron chi connectivity index (χ4n) is 1.45. The summed E-state index contributed by atoms with van der Waals surface area (Å²) in [6.45, 7) is 3.74. The van der Waals surface area contributed by atoms with Crippen LogP contribution in [0, 0.1) is 13.8 Å². The van der Waals surface area contributed by atoms with E-state index in [0.29, 0.717) is 21.5 Å². The molecule has 6 heteroatoms. The van der Waals surface area contributed by atoms with Gasteiger partial charge < -0.3 is 0 Å². The molecule has 0 heterocycles. The van der Waals surface area contributed by atoms with Gasteiger partial charge in [-0.25, -0.2) is 9.05 Å². The average molecular weight is 330 g/mol. The first-order valence-corrected chi connectivity index (χ1v) is 7.66. The van der Waals surface area contributed by atoms with Crippen LogP contribution >= 0.6 is 31.5 Å². The van der Waals surface area contributed by atoms with Gasteiger partial charge >= 0.3 is 8.25 Å². The lowest BCUT2D eigenvalue weighted by Crippen LogP contribution is -1.90. The number of benzene rings is 2. The number of aryl methyl sites for hydroxylation is 2. The molecular formula is C14H12Cl2O3P+. The van der Waals surface area contributed by atoms with Gasteiger partial charge in [0.25, 0.3) is 0 Å². The van der Waals surface area contributed by atoms with Crippen LogP contribution in [-0.4, -0.2) is 0 Å². The molecule has 20 heavy (non-hydrogen) atoms. The van der Waals surface area contributed by atoms with Crippen molar-refractivity contribution in [3.63, 3.8) is 0 Å². The molecule has 0 radical (unpaired) electrons. The summed E-state index contributed by atoms with van der Waals surface area (Å²) < 4.78 is 22.2. The summed E-state index contributed by atoms with van der Waals surface area (Å²) in [4.78, 5) is 0. The predicted octanol–water partition coefficient (Wildman–Crippen LogP) is 5.73. The topological polar surface area (TPSA) is 35.5 Å². The number of hydrogen-bond acceptors (Lipinski definition) is 3. The molecule has 0 atom stereocenters. The molecule has 0 aliphatic heterocycles. The van der Waals surface area contributed by atoms with Crippen LogP contribution in [0.3, 0.4) is 0 Å². The maximum atomic E-state index is 11.8. The van der Waals surface area contributed by atoms with Crippen LogP contribution in [0.15, 0.2) is 36.4 Å². The second-order valence-electron chi connectivity index (χ2n) is 4.23. The van der Waals surface area contributed by atoms with E-state index in [1.807, 2.05) is 13.8 Å². The second kappa shape index (κ2) is 6.45. The van der Waals surface area contributed by atoms with Gasteiger partial charge in [-0.2, -0.15) is 0 Å². The maximum Gasteiger partial charge on any atom is 0.805 e. The molecule has 0 fully saturated rings. The van der Waals surface area contributed by atoms with E-state index in [1.54, 1.807) is 36.4 Å². The zero-order chi connectivity index (χ0) is 14.7. The van der Waals surface area contributed by atoms with E-state index < -0.39 is 8.25 Å². The summed E-state index contributed by atoms with van der Waals surface area (Å²) in [6, 6.07) is 10.1. The number of rotatable bonds is 4. The summed E-state index contributed by atoms with van der Waals surface area (Å²) in [6.07, 6.45) is 0. The molecule has 0 unspecified atom stereocenters. The molecule has 0 saturated carbocycles. The molecule has 0 N–H and O–H groups in total. The highest BCUT2D eigenvalue weighted by atomic mass is 35.5. The van der Waals surface area contributed by atoms with Crippen molar-refractivity contribution in [2.24, 2.45) is 0 Å². The van der Waals surface area contributed by atoms with Crippen molar-refractivity contribution in [3.05, 3.63) is 57.6 Å². The van der Waals surface area contributed by atoms with E-state index in [-0.39, 0.29) is 0 Å². The SMILES string of the molecule is Cc1ccc(O[P+](=O)Oc2ccc(C)c(Cl)c2)cc1Cl. The lowest BCUT2D eigenvalue weighted by Gasteiger charge is -1.99. The Balaban J connectivity index is 2.04. The molecule has 0 aliphatic rings. The summed E-state index contributed by atoms with van der Waals surface area (Å²) in [5.41, 5.74) is 1.83. The van der Waals surface area contributed by atoms with Crippen LogP contribution in [-0.2, 0) is 4.57 Å². The van der Waals surface area contributed by atoms with Crippen molar-refractivity contribution in [3.8, 4) is 11.5 Å². The van der Waals surface area contributed by atoms with Crippen LogP contribution < -0.4 is 9.05 Å². The van der Waals surface area contributed by atoms with Crippen molar-refractivity contribution < 1.29 is 13.6 Å². The maximum absolute atomic E-state index is 11.8. The lowest BCUT2D eigenvalue weighted by atomic mass is 10.2. The minimum absolute atomic E-state index is 0.389. The van der Waals surface area contributed by atoms with Crippen molar-refractivity contribution in [2.75, 3.05) is 0 Å². The van der Waals surface area contributed by atoms with Crippen LogP contribution in [0.25, 0.3) is 0 Å². The third kappa shape index (κ3) is 3.86. The Morgan fingerprint density at radius 2 is 1.25 bits per heavy atom. The zero-order valence-corrected chi connectivity index (χ0v) is 13.3. The van der Waals surface area contributed by atoms with Crippen LogP contribution in [0.1, 0.15) is 11.1 Å². The van der Waals surface area contributed by atoms with E-state index in [4.69, 9.17) is 32.2 Å². The standard InChI is InChI=1S/C14H12Cl2O3P/c1-9-3-5-11(7-13(9)15)18-20(17)19-12-6-4-10(2)14(16)8-12/h3-8H,1-2H3/q+1. The van der Waals surface area contributed by atoms with Crippen LogP contribution in [0.4, 0.5) is 0 Å². The molecular weight excluding hydrogens is 318 g/mol. The Morgan fingerprint density at radius 3 is 1.60 bits per heavy atom. The zero-order valence-electron chi connectivity index (χ0n) is 10.9. The van der Waals surface area contributed by atoms with Crippen molar-refractivity contribution in [2.45, 2.75) is 13.8 Å². The number of halogens is 2. The summed E-state index contributed by atoms with van der Waals surface area (Å²) in [5.74, 6) is 0.778. The van der Waals surface area contributed by atoms with Crippen molar-refractivity contribution in [1.29, 1.82) is 0 Å². The van der Waals surface area contributed by atoms with Gasteiger partial charge in [-0.1, -0.05) is 35.3 Å². The van der Waals surface area contributed by atoms with Gasteiger partial charge in [0.05, 0.1) is 0 Å². The summed E-state index contributed by atoms with van der Waals surface area (Å²) in [7, 11) is -2.34. The molecule has 0 amide bonds. The Labute approximate surface area is 128 Å². The molecule has 0 spiro atoms. The van der Waals surface area contributed by atoms with Gasteiger partial charge in [0.2, 0.25) is 0 Å². The highest BCUT2D eigenvalue weighted by Gasteiger charge is 2.24. The molecule has 104 valence electrons. The van der Waals surface area contributed by atoms with Gasteiger partial charge in [-0.3, -0.25) is 0 Å². The largest absolute Gasteiger partial charge is 0.805 e. The van der Waals surface area contributed by atoms with E-state index in [1.165, 1.54) is 0 Å². The first kappa shape index (κ1) is 15.1. The Morgan fingerprint density at radius 1 is 0.850 bits per heavy atom.